The van der Waals surface area contributed by atoms with E-state index in [4.69, 9.17) is 0 Å². The van der Waals surface area contributed by atoms with Crippen molar-refractivity contribution >= 4 is 5.91 Å². The predicted octanol–water partition coefficient (Wildman–Crippen LogP) is 1.48. The molecule has 5 nitrogen and oxygen atoms in total. The van der Waals surface area contributed by atoms with E-state index in [-0.39, 0.29) is 11.7 Å². The van der Waals surface area contributed by atoms with Crippen molar-refractivity contribution in [1.29, 1.82) is 0 Å². The quantitative estimate of drug-likeness (QED) is 0.869. The van der Waals surface area contributed by atoms with Crippen molar-refractivity contribution in [1.82, 2.24) is 20.4 Å². The van der Waals surface area contributed by atoms with Crippen molar-refractivity contribution in [2.24, 2.45) is 0 Å². The standard InChI is InChI=1S/C14H17FN4O/c1-3-17-9-10-6-11(15)8-12(7-10)19-5-4-13(18-19)14(20)16-2/h4-8,17H,3,9H2,1-2H3,(H,16,20). The van der Waals surface area contributed by atoms with Gasteiger partial charge in [0.25, 0.3) is 5.91 Å². The maximum Gasteiger partial charge on any atom is 0.271 e. The van der Waals surface area contributed by atoms with Crippen LogP contribution in [0.2, 0.25) is 0 Å². The Labute approximate surface area is 116 Å². The van der Waals surface area contributed by atoms with E-state index >= 15 is 0 Å². The van der Waals surface area contributed by atoms with Gasteiger partial charge in [-0.25, -0.2) is 9.07 Å². The van der Waals surface area contributed by atoms with Crippen molar-refractivity contribution in [2.45, 2.75) is 13.5 Å². The second kappa shape index (κ2) is 6.29. The molecule has 1 aromatic carbocycles. The number of carbonyl (C=O) groups excluding carboxylic acids is 1. The summed E-state index contributed by atoms with van der Waals surface area (Å²) in [6, 6.07) is 6.30. The van der Waals surface area contributed by atoms with Gasteiger partial charge < -0.3 is 10.6 Å². The van der Waals surface area contributed by atoms with Crippen LogP contribution < -0.4 is 10.6 Å². The molecular weight excluding hydrogens is 259 g/mol. The van der Waals surface area contributed by atoms with Crippen LogP contribution in [0.4, 0.5) is 4.39 Å². The second-order valence-electron chi connectivity index (χ2n) is 4.32. The van der Waals surface area contributed by atoms with Crippen LogP contribution in [0.1, 0.15) is 23.0 Å². The van der Waals surface area contributed by atoms with Gasteiger partial charge in [0, 0.05) is 19.8 Å². The second-order valence-corrected chi connectivity index (χ2v) is 4.32. The van der Waals surface area contributed by atoms with Crippen molar-refractivity contribution in [3.8, 4) is 5.69 Å². The van der Waals surface area contributed by atoms with Crippen molar-refractivity contribution in [2.75, 3.05) is 13.6 Å². The van der Waals surface area contributed by atoms with E-state index in [0.29, 0.717) is 17.9 Å². The number of benzene rings is 1. The van der Waals surface area contributed by atoms with Gasteiger partial charge in [0.2, 0.25) is 0 Å². The van der Waals surface area contributed by atoms with Gasteiger partial charge in [-0.05, 0) is 36.4 Å². The van der Waals surface area contributed by atoms with E-state index in [1.807, 2.05) is 13.0 Å². The van der Waals surface area contributed by atoms with Gasteiger partial charge in [-0.3, -0.25) is 4.79 Å². The van der Waals surface area contributed by atoms with E-state index in [1.54, 1.807) is 12.3 Å². The summed E-state index contributed by atoms with van der Waals surface area (Å²) in [4.78, 5) is 11.5. The minimum atomic E-state index is -0.326. The highest BCUT2D eigenvalue weighted by atomic mass is 19.1. The third kappa shape index (κ3) is 3.21. The lowest BCUT2D eigenvalue weighted by Gasteiger charge is -2.07. The third-order valence-corrected chi connectivity index (χ3v) is 2.83. The van der Waals surface area contributed by atoms with Crippen LogP contribution in [0.15, 0.2) is 30.5 Å². The lowest BCUT2D eigenvalue weighted by atomic mass is 10.2. The van der Waals surface area contributed by atoms with Crippen molar-refractivity contribution < 1.29 is 9.18 Å². The van der Waals surface area contributed by atoms with E-state index in [2.05, 4.69) is 15.7 Å². The van der Waals surface area contributed by atoms with Gasteiger partial charge in [-0.2, -0.15) is 5.10 Å². The zero-order valence-electron chi connectivity index (χ0n) is 11.5. The van der Waals surface area contributed by atoms with Crippen LogP contribution >= 0.6 is 0 Å². The van der Waals surface area contributed by atoms with Crippen LogP contribution in [-0.2, 0) is 6.54 Å². The fourth-order valence-corrected chi connectivity index (χ4v) is 1.85. The summed E-state index contributed by atoms with van der Waals surface area (Å²) in [6.45, 7) is 3.39. The summed E-state index contributed by atoms with van der Waals surface area (Å²) in [5, 5.41) is 9.77. The molecule has 0 saturated carbocycles. The molecule has 1 amide bonds. The number of hydrogen-bond acceptors (Lipinski definition) is 3. The summed E-state index contributed by atoms with van der Waals surface area (Å²) in [7, 11) is 1.54. The Hall–Kier alpha value is -2.21. The van der Waals surface area contributed by atoms with E-state index in [1.165, 1.54) is 23.9 Å². The number of amides is 1. The molecular formula is C14H17FN4O. The van der Waals surface area contributed by atoms with Crippen LogP contribution in [0.3, 0.4) is 0 Å². The highest BCUT2D eigenvalue weighted by molar-refractivity contribution is 5.91. The molecule has 0 bridgehead atoms. The number of carbonyl (C=O) groups is 1. The molecule has 2 N–H and O–H groups in total. The minimum Gasteiger partial charge on any atom is -0.354 e. The first-order valence-electron chi connectivity index (χ1n) is 6.42. The highest BCUT2D eigenvalue weighted by Crippen LogP contribution is 2.13. The minimum absolute atomic E-state index is 0.270. The van der Waals surface area contributed by atoms with Gasteiger partial charge in [-0.15, -0.1) is 0 Å². The molecule has 0 aliphatic carbocycles. The Balaban J connectivity index is 2.29. The first-order chi connectivity index (χ1) is 9.63. The molecule has 0 aliphatic rings. The monoisotopic (exact) mass is 276 g/mol. The van der Waals surface area contributed by atoms with Crippen molar-refractivity contribution in [3.05, 3.63) is 47.5 Å². The summed E-state index contributed by atoms with van der Waals surface area (Å²) in [5.41, 5.74) is 1.72. The number of halogens is 1. The summed E-state index contributed by atoms with van der Waals surface area (Å²) >= 11 is 0. The zero-order valence-corrected chi connectivity index (χ0v) is 11.5. The van der Waals surface area contributed by atoms with Crippen LogP contribution in [0, 0.1) is 5.82 Å². The molecule has 2 rings (SSSR count). The van der Waals surface area contributed by atoms with E-state index in [0.717, 1.165) is 12.1 Å². The molecule has 0 atom stereocenters. The average Bonchev–Trinajstić information content (AvgIpc) is 2.93. The largest absolute Gasteiger partial charge is 0.354 e. The molecule has 0 fully saturated rings. The Kier molecular flexibility index (Phi) is 4.47. The lowest BCUT2D eigenvalue weighted by molar-refractivity contribution is 0.0957. The molecule has 0 saturated heterocycles. The van der Waals surface area contributed by atoms with Gasteiger partial charge in [-0.1, -0.05) is 6.92 Å². The highest BCUT2D eigenvalue weighted by Gasteiger charge is 2.09. The van der Waals surface area contributed by atoms with Crippen molar-refractivity contribution in [3.63, 3.8) is 0 Å². The smallest absolute Gasteiger partial charge is 0.271 e. The predicted molar refractivity (Wildman–Crippen MR) is 74.3 cm³/mol. The van der Waals surface area contributed by atoms with Gasteiger partial charge in [0.15, 0.2) is 5.69 Å². The molecule has 0 unspecified atom stereocenters. The zero-order chi connectivity index (χ0) is 14.5. The molecule has 2 aromatic rings. The maximum absolute atomic E-state index is 13.6. The van der Waals surface area contributed by atoms with E-state index in [9.17, 15) is 9.18 Å². The molecule has 106 valence electrons. The maximum atomic E-state index is 13.6. The molecule has 0 aliphatic heterocycles. The van der Waals surface area contributed by atoms with Gasteiger partial charge in [0.1, 0.15) is 5.82 Å². The molecule has 6 heteroatoms. The molecule has 0 radical (unpaired) electrons. The Morgan fingerprint density at radius 1 is 1.40 bits per heavy atom. The normalized spacial score (nSPS) is 10.6. The van der Waals surface area contributed by atoms with Gasteiger partial charge in [0.05, 0.1) is 5.69 Å². The topological polar surface area (TPSA) is 59.0 Å². The number of aromatic nitrogens is 2. The molecule has 20 heavy (non-hydrogen) atoms. The first kappa shape index (κ1) is 14.2. The van der Waals surface area contributed by atoms with E-state index < -0.39 is 0 Å². The average molecular weight is 276 g/mol. The molecule has 1 heterocycles. The fourth-order valence-electron chi connectivity index (χ4n) is 1.85. The number of hydrogen-bond donors (Lipinski definition) is 2. The van der Waals surface area contributed by atoms with Crippen LogP contribution in [0.5, 0.6) is 0 Å². The Morgan fingerprint density at radius 2 is 2.20 bits per heavy atom. The summed E-state index contributed by atoms with van der Waals surface area (Å²) in [6.07, 6.45) is 1.64. The van der Waals surface area contributed by atoms with Crippen LogP contribution in [-0.4, -0.2) is 29.3 Å². The summed E-state index contributed by atoms with van der Waals surface area (Å²) in [5.74, 6) is -0.597. The number of nitrogens with one attached hydrogen (secondary N) is 2. The SMILES string of the molecule is CCNCc1cc(F)cc(-n2ccc(C(=O)NC)n2)c1. The number of rotatable bonds is 5. The lowest BCUT2D eigenvalue weighted by Crippen LogP contribution is -2.18. The molecule has 0 spiro atoms. The Bertz CT molecular complexity index is 609. The number of nitrogens with zero attached hydrogens (tertiary/aromatic N) is 2. The van der Waals surface area contributed by atoms with Crippen LogP contribution in [0.25, 0.3) is 5.69 Å². The summed E-state index contributed by atoms with van der Waals surface area (Å²) < 4.78 is 15.1. The fraction of sp³-hybridized carbons (Fsp3) is 0.286. The molecule has 1 aromatic heterocycles. The Morgan fingerprint density at radius 3 is 2.90 bits per heavy atom. The van der Waals surface area contributed by atoms with Gasteiger partial charge >= 0.3 is 0 Å². The third-order valence-electron chi connectivity index (χ3n) is 2.83. The first-order valence-corrected chi connectivity index (χ1v) is 6.42.